The lowest BCUT2D eigenvalue weighted by Crippen LogP contribution is -2.35. The highest BCUT2D eigenvalue weighted by atomic mass is 35.5. The Bertz CT molecular complexity index is 810. The topological polar surface area (TPSA) is 84.7 Å². The van der Waals surface area contributed by atoms with Crippen LogP contribution in [0.3, 0.4) is 0 Å². The summed E-state index contributed by atoms with van der Waals surface area (Å²) in [5.41, 5.74) is -0.762. The Morgan fingerprint density at radius 3 is 2.24 bits per heavy atom. The molecule has 2 aromatic rings. The summed E-state index contributed by atoms with van der Waals surface area (Å²) < 4.78 is 51.9. The fourth-order valence-corrected chi connectivity index (χ4v) is 2.24. The van der Waals surface area contributed by atoms with Crippen LogP contribution in [0, 0.1) is 0 Å². The van der Waals surface area contributed by atoms with Crippen LogP contribution in [0.5, 0.6) is 5.75 Å². The molecular formula is C17H18ClF4N3O4. The third-order valence-corrected chi connectivity index (χ3v) is 3.69. The first-order valence-corrected chi connectivity index (χ1v) is 8.49. The van der Waals surface area contributed by atoms with E-state index >= 15 is 0 Å². The molecule has 0 bridgehead atoms. The molecule has 29 heavy (non-hydrogen) atoms. The van der Waals surface area contributed by atoms with E-state index in [-0.39, 0.29) is 6.54 Å². The van der Waals surface area contributed by atoms with Gasteiger partial charge in [0, 0.05) is 18.4 Å². The molecule has 0 fully saturated rings. The maximum Gasteiger partial charge on any atom is 0.490 e. The average molecular weight is 440 g/mol. The van der Waals surface area contributed by atoms with Gasteiger partial charge in [-0.1, -0.05) is 11.6 Å². The number of amides is 1. The molecule has 0 aliphatic carbocycles. The SMILES string of the molecule is CCn1nccc1CN(C(=O)C(F)Cl)c1ccc(OC)cc1.O=C(O)C(F)(F)F. The molecule has 2 rings (SSSR count). The molecule has 12 heteroatoms. The standard InChI is InChI=1S/C15H17ClFN3O2.C2HF3O2/c1-3-20-12(8-9-18-20)10-19(15(21)14(16)17)11-4-6-13(22-2)7-5-11;3-2(4,5)1(6)7/h4-9,14H,3,10H2,1-2H3;(H,6,7). The quantitative estimate of drug-likeness (QED) is 0.549. The van der Waals surface area contributed by atoms with Gasteiger partial charge in [-0.15, -0.1) is 0 Å². The molecule has 1 amide bonds. The molecule has 160 valence electrons. The van der Waals surface area contributed by atoms with Crippen molar-refractivity contribution in [3.8, 4) is 5.75 Å². The van der Waals surface area contributed by atoms with E-state index in [9.17, 15) is 22.4 Å². The van der Waals surface area contributed by atoms with Gasteiger partial charge < -0.3 is 14.7 Å². The Morgan fingerprint density at radius 1 is 1.28 bits per heavy atom. The molecule has 0 radical (unpaired) electrons. The number of aryl methyl sites for hydroxylation is 1. The van der Waals surface area contributed by atoms with Gasteiger partial charge in [-0.05, 0) is 37.3 Å². The number of hydrogen-bond acceptors (Lipinski definition) is 4. The van der Waals surface area contributed by atoms with Gasteiger partial charge in [0.2, 0.25) is 0 Å². The van der Waals surface area contributed by atoms with Crippen molar-refractivity contribution in [2.24, 2.45) is 0 Å². The first-order chi connectivity index (χ1) is 13.5. The predicted octanol–water partition coefficient (Wildman–Crippen LogP) is 3.61. The number of carboxylic acid groups (broad SMARTS) is 1. The van der Waals surface area contributed by atoms with E-state index in [1.165, 1.54) is 4.90 Å². The zero-order valence-corrected chi connectivity index (χ0v) is 16.1. The lowest BCUT2D eigenvalue weighted by Gasteiger charge is -2.23. The van der Waals surface area contributed by atoms with Crippen molar-refractivity contribution in [1.29, 1.82) is 0 Å². The van der Waals surface area contributed by atoms with Crippen molar-refractivity contribution in [1.82, 2.24) is 9.78 Å². The molecule has 1 atom stereocenters. The number of nitrogens with zero attached hydrogens (tertiary/aromatic N) is 3. The minimum atomic E-state index is -5.08. The summed E-state index contributed by atoms with van der Waals surface area (Å²) in [6, 6.07) is 8.56. The molecule has 1 aromatic heterocycles. The van der Waals surface area contributed by atoms with Gasteiger partial charge in [-0.25, -0.2) is 9.18 Å². The van der Waals surface area contributed by atoms with Gasteiger partial charge in [-0.3, -0.25) is 9.48 Å². The molecule has 0 spiro atoms. The van der Waals surface area contributed by atoms with Crippen LogP contribution in [0.25, 0.3) is 0 Å². The van der Waals surface area contributed by atoms with Gasteiger partial charge in [-0.2, -0.15) is 18.3 Å². The summed E-state index contributed by atoms with van der Waals surface area (Å²) in [6.45, 7) is 2.79. The van der Waals surface area contributed by atoms with Gasteiger partial charge in [0.15, 0.2) is 0 Å². The minimum absolute atomic E-state index is 0.187. The van der Waals surface area contributed by atoms with Crippen LogP contribution < -0.4 is 9.64 Å². The zero-order chi connectivity index (χ0) is 22.2. The van der Waals surface area contributed by atoms with E-state index in [1.807, 2.05) is 6.92 Å². The molecule has 0 aliphatic rings. The molecule has 0 saturated heterocycles. The van der Waals surface area contributed by atoms with Crippen molar-refractivity contribution < 1.29 is 37.0 Å². The number of alkyl halides is 5. The third-order valence-electron chi connectivity index (χ3n) is 3.50. The van der Waals surface area contributed by atoms with Crippen molar-refractivity contribution >= 4 is 29.2 Å². The maximum absolute atomic E-state index is 13.3. The average Bonchev–Trinajstić information content (AvgIpc) is 3.12. The van der Waals surface area contributed by atoms with Gasteiger partial charge in [0.25, 0.3) is 11.5 Å². The Morgan fingerprint density at radius 2 is 1.83 bits per heavy atom. The molecule has 0 saturated carbocycles. The van der Waals surface area contributed by atoms with E-state index in [0.717, 1.165) is 5.69 Å². The van der Waals surface area contributed by atoms with Gasteiger partial charge in [0.05, 0.1) is 19.3 Å². The number of hydrogen-bond donors (Lipinski definition) is 1. The largest absolute Gasteiger partial charge is 0.497 e. The van der Waals surface area contributed by atoms with Gasteiger partial charge >= 0.3 is 12.1 Å². The van der Waals surface area contributed by atoms with Crippen LogP contribution in [0.15, 0.2) is 36.5 Å². The highest BCUT2D eigenvalue weighted by molar-refractivity contribution is 6.31. The zero-order valence-electron chi connectivity index (χ0n) is 15.4. The number of aromatic nitrogens is 2. The van der Waals surface area contributed by atoms with E-state index in [1.54, 1.807) is 48.3 Å². The summed E-state index contributed by atoms with van der Waals surface area (Å²) in [7, 11) is 1.55. The molecule has 0 aliphatic heterocycles. The minimum Gasteiger partial charge on any atom is -0.497 e. The summed E-state index contributed by atoms with van der Waals surface area (Å²) in [6.07, 6.45) is -3.44. The fraction of sp³-hybridized carbons (Fsp3) is 0.353. The van der Waals surface area contributed by atoms with Crippen molar-refractivity contribution in [3.05, 3.63) is 42.2 Å². The number of methoxy groups -OCH3 is 1. The van der Waals surface area contributed by atoms with E-state index in [4.69, 9.17) is 26.2 Å². The number of carbonyl (C=O) groups excluding carboxylic acids is 1. The number of aliphatic carboxylic acids is 1. The van der Waals surface area contributed by atoms with Crippen molar-refractivity contribution in [2.45, 2.75) is 31.8 Å². The lowest BCUT2D eigenvalue weighted by molar-refractivity contribution is -0.192. The van der Waals surface area contributed by atoms with Crippen LogP contribution >= 0.6 is 11.6 Å². The molecule has 7 nitrogen and oxygen atoms in total. The maximum atomic E-state index is 13.3. The van der Waals surface area contributed by atoms with Crippen LogP contribution in [-0.2, 0) is 22.7 Å². The highest BCUT2D eigenvalue weighted by Gasteiger charge is 2.38. The number of halogens is 5. The first kappa shape index (κ1) is 24.2. The van der Waals surface area contributed by atoms with E-state index < -0.39 is 23.7 Å². The number of carboxylic acids is 1. The second-order valence-corrected chi connectivity index (χ2v) is 5.75. The number of anilines is 1. The summed E-state index contributed by atoms with van der Waals surface area (Å²) in [5.74, 6) is -2.92. The predicted molar refractivity (Wildman–Crippen MR) is 96.5 cm³/mol. The summed E-state index contributed by atoms with van der Waals surface area (Å²) >= 11 is 5.34. The van der Waals surface area contributed by atoms with Crippen LogP contribution in [-0.4, -0.2) is 45.7 Å². The Labute approximate surface area is 168 Å². The monoisotopic (exact) mass is 439 g/mol. The Hall–Kier alpha value is -2.82. The normalized spacial score (nSPS) is 11.8. The second-order valence-electron chi connectivity index (χ2n) is 5.36. The smallest absolute Gasteiger partial charge is 0.490 e. The molecular weight excluding hydrogens is 422 g/mol. The van der Waals surface area contributed by atoms with E-state index in [2.05, 4.69) is 5.10 Å². The third kappa shape index (κ3) is 7.26. The Kier molecular flexibility index (Phi) is 8.89. The van der Waals surface area contributed by atoms with Crippen LogP contribution in [0.4, 0.5) is 23.2 Å². The summed E-state index contributed by atoms with van der Waals surface area (Å²) in [4.78, 5) is 22.3. The van der Waals surface area contributed by atoms with Crippen molar-refractivity contribution in [3.63, 3.8) is 0 Å². The second kappa shape index (κ2) is 10.6. The highest BCUT2D eigenvalue weighted by Crippen LogP contribution is 2.23. The fourth-order valence-electron chi connectivity index (χ4n) is 2.12. The van der Waals surface area contributed by atoms with Crippen LogP contribution in [0.2, 0.25) is 0 Å². The number of rotatable bonds is 6. The number of carbonyl (C=O) groups is 2. The molecule has 1 N–H and O–H groups in total. The number of benzene rings is 1. The Balaban J connectivity index is 0.000000516. The summed E-state index contributed by atoms with van der Waals surface area (Å²) in [5, 5.41) is 11.3. The van der Waals surface area contributed by atoms with Crippen LogP contribution in [0.1, 0.15) is 12.6 Å². The van der Waals surface area contributed by atoms with E-state index in [0.29, 0.717) is 18.0 Å². The molecule has 1 heterocycles. The molecule has 1 unspecified atom stereocenters. The van der Waals surface area contributed by atoms with Gasteiger partial charge in [0.1, 0.15) is 5.75 Å². The molecule has 1 aromatic carbocycles. The first-order valence-electron chi connectivity index (χ1n) is 8.05. The number of ether oxygens (including phenoxy) is 1. The van der Waals surface area contributed by atoms with Crippen molar-refractivity contribution in [2.75, 3.05) is 12.0 Å². The lowest BCUT2D eigenvalue weighted by atomic mass is 10.2.